The maximum Gasteiger partial charge on any atom is 0.272 e. The van der Waals surface area contributed by atoms with Crippen LogP contribution in [0.2, 0.25) is 0 Å². The molecule has 4 heteroatoms. The van der Waals surface area contributed by atoms with Gasteiger partial charge in [-0.1, -0.05) is 19.8 Å². The first kappa shape index (κ1) is 13.3. The Morgan fingerprint density at radius 1 is 1.42 bits per heavy atom. The summed E-state index contributed by atoms with van der Waals surface area (Å²) in [6.45, 7) is 4.00. The number of fused-ring (bicyclic) bond motifs is 1. The van der Waals surface area contributed by atoms with Crippen molar-refractivity contribution < 1.29 is 14.6 Å². The van der Waals surface area contributed by atoms with Crippen LogP contribution in [0.1, 0.15) is 26.7 Å². The Kier molecular flexibility index (Phi) is 3.39. The van der Waals surface area contributed by atoms with E-state index in [1.165, 1.54) is 11.0 Å². The van der Waals surface area contributed by atoms with Crippen molar-refractivity contribution in [1.29, 1.82) is 0 Å². The van der Waals surface area contributed by atoms with E-state index >= 15 is 0 Å². The average Bonchev–Trinajstić information content (AvgIpc) is 2.42. The van der Waals surface area contributed by atoms with Crippen LogP contribution in [-0.4, -0.2) is 23.2 Å². The zero-order chi connectivity index (χ0) is 14.0. The molecular weight excluding hydrogens is 242 g/mol. The predicted molar refractivity (Wildman–Crippen MR) is 73.2 cm³/mol. The number of anilines is 1. The number of hydrogen-bond acceptors (Lipinski definition) is 3. The van der Waals surface area contributed by atoms with Gasteiger partial charge in [-0.05, 0) is 25.0 Å². The molecule has 0 unspecified atom stereocenters. The smallest absolute Gasteiger partial charge is 0.272 e. The maximum absolute atomic E-state index is 12.6. The largest absolute Gasteiger partial charge is 0.508 e. The molecule has 1 aliphatic heterocycles. The first-order valence-corrected chi connectivity index (χ1v) is 6.35. The van der Waals surface area contributed by atoms with E-state index in [1.54, 1.807) is 12.1 Å². The van der Waals surface area contributed by atoms with Gasteiger partial charge in [0.2, 0.25) is 0 Å². The van der Waals surface area contributed by atoms with Crippen LogP contribution < -0.4 is 9.64 Å². The van der Waals surface area contributed by atoms with Crippen LogP contribution in [0.25, 0.3) is 0 Å². The Balaban J connectivity index is 2.56. The van der Waals surface area contributed by atoms with Crippen molar-refractivity contribution in [2.24, 2.45) is 0 Å². The van der Waals surface area contributed by atoms with Crippen molar-refractivity contribution in [3.05, 3.63) is 18.2 Å². The van der Waals surface area contributed by atoms with Crippen LogP contribution in [0.5, 0.6) is 11.5 Å². The Labute approximate surface area is 113 Å². The summed E-state index contributed by atoms with van der Waals surface area (Å²) in [5, 5.41) is 9.56. The summed E-state index contributed by atoms with van der Waals surface area (Å²) in [5.74, 6) is 3.00. The third kappa shape index (κ3) is 2.01. The number of phenols is 1. The monoisotopic (exact) mass is 259 g/mol. The van der Waals surface area contributed by atoms with Crippen molar-refractivity contribution in [3.63, 3.8) is 0 Å². The van der Waals surface area contributed by atoms with Gasteiger partial charge < -0.3 is 9.84 Å². The molecular formula is C15H17NO3. The molecule has 0 saturated carbocycles. The Bertz CT molecular complexity index is 541. The van der Waals surface area contributed by atoms with E-state index in [9.17, 15) is 9.90 Å². The van der Waals surface area contributed by atoms with Crippen LogP contribution in [0.4, 0.5) is 5.69 Å². The number of amides is 1. The second kappa shape index (κ2) is 4.85. The fourth-order valence-corrected chi connectivity index (χ4v) is 2.36. The van der Waals surface area contributed by atoms with E-state index < -0.39 is 5.60 Å². The molecule has 1 N–H and O–H groups in total. The number of aromatic hydroxyl groups is 1. The number of ether oxygens (including phenoxy) is 1. The molecule has 1 aromatic rings. The van der Waals surface area contributed by atoms with E-state index in [0.717, 1.165) is 0 Å². The number of terminal acetylenes is 1. The van der Waals surface area contributed by atoms with Crippen molar-refractivity contribution >= 4 is 11.6 Å². The standard InChI is InChI=1S/C15H17NO3/c1-4-9-16-12-10-11(17)7-8-13(12)19-15(5-2,6-3)14(16)18/h1,7-8,10,17H,5-6,9H2,2-3H3. The van der Waals surface area contributed by atoms with Gasteiger partial charge in [-0.2, -0.15) is 0 Å². The lowest BCUT2D eigenvalue weighted by Gasteiger charge is -2.41. The summed E-state index contributed by atoms with van der Waals surface area (Å²) in [6.07, 6.45) is 6.49. The summed E-state index contributed by atoms with van der Waals surface area (Å²) in [6, 6.07) is 4.71. The normalized spacial score (nSPS) is 16.5. The topological polar surface area (TPSA) is 49.8 Å². The van der Waals surface area contributed by atoms with Gasteiger partial charge in [0.1, 0.15) is 11.5 Å². The highest BCUT2D eigenvalue weighted by molar-refractivity contribution is 6.03. The van der Waals surface area contributed by atoms with Crippen molar-refractivity contribution in [1.82, 2.24) is 0 Å². The molecule has 1 aliphatic rings. The van der Waals surface area contributed by atoms with Crippen molar-refractivity contribution in [3.8, 4) is 23.8 Å². The zero-order valence-electron chi connectivity index (χ0n) is 11.1. The zero-order valence-corrected chi connectivity index (χ0v) is 11.1. The molecule has 0 radical (unpaired) electrons. The molecule has 1 aromatic carbocycles. The predicted octanol–water partition coefficient (Wildman–Crippen LogP) is 2.31. The first-order chi connectivity index (χ1) is 9.07. The summed E-state index contributed by atoms with van der Waals surface area (Å²) < 4.78 is 5.89. The molecule has 0 fully saturated rings. The molecule has 0 aromatic heterocycles. The lowest BCUT2D eigenvalue weighted by Crippen LogP contribution is -2.55. The SMILES string of the molecule is C#CCN1C(=O)C(CC)(CC)Oc2ccc(O)cc21. The minimum Gasteiger partial charge on any atom is -0.508 e. The van der Waals surface area contributed by atoms with E-state index in [0.29, 0.717) is 24.3 Å². The first-order valence-electron chi connectivity index (χ1n) is 6.35. The van der Waals surface area contributed by atoms with Gasteiger partial charge >= 0.3 is 0 Å². The molecule has 100 valence electrons. The number of carbonyl (C=O) groups is 1. The summed E-state index contributed by atoms with van der Waals surface area (Å²) >= 11 is 0. The van der Waals surface area contributed by atoms with Gasteiger partial charge in [0.25, 0.3) is 5.91 Å². The third-order valence-corrected chi connectivity index (χ3v) is 3.57. The minimum atomic E-state index is -0.860. The maximum atomic E-state index is 12.6. The Hall–Kier alpha value is -2.15. The fourth-order valence-electron chi connectivity index (χ4n) is 2.36. The molecule has 4 nitrogen and oxygen atoms in total. The van der Waals surface area contributed by atoms with Crippen LogP contribution in [0.3, 0.4) is 0 Å². The lowest BCUT2D eigenvalue weighted by atomic mass is 9.92. The van der Waals surface area contributed by atoms with E-state index in [-0.39, 0.29) is 18.2 Å². The highest BCUT2D eigenvalue weighted by Gasteiger charge is 2.45. The quantitative estimate of drug-likeness (QED) is 0.847. The van der Waals surface area contributed by atoms with Gasteiger partial charge in [0, 0.05) is 6.07 Å². The number of phenolic OH excluding ortho intramolecular Hbond substituents is 1. The van der Waals surface area contributed by atoms with Gasteiger partial charge in [-0.15, -0.1) is 6.42 Å². The van der Waals surface area contributed by atoms with Gasteiger partial charge in [-0.25, -0.2) is 0 Å². The molecule has 0 aliphatic carbocycles. The number of carbonyl (C=O) groups excluding carboxylic acids is 1. The number of rotatable bonds is 3. The molecule has 1 heterocycles. The number of hydrogen-bond donors (Lipinski definition) is 1. The molecule has 0 bridgehead atoms. The molecule has 1 amide bonds. The van der Waals surface area contributed by atoms with Gasteiger partial charge in [-0.3, -0.25) is 9.69 Å². The summed E-state index contributed by atoms with van der Waals surface area (Å²) in [5.41, 5.74) is -0.332. The number of benzene rings is 1. The molecule has 0 saturated heterocycles. The second-order valence-electron chi connectivity index (χ2n) is 4.55. The average molecular weight is 259 g/mol. The van der Waals surface area contributed by atoms with Crippen LogP contribution in [0.15, 0.2) is 18.2 Å². The van der Waals surface area contributed by atoms with Crippen LogP contribution in [0, 0.1) is 12.3 Å². The van der Waals surface area contributed by atoms with E-state index in [4.69, 9.17) is 11.2 Å². The van der Waals surface area contributed by atoms with Crippen LogP contribution >= 0.6 is 0 Å². The van der Waals surface area contributed by atoms with Gasteiger partial charge in [0.05, 0.1) is 12.2 Å². The van der Waals surface area contributed by atoms with Gasteiger partial charge in [0.15, 0.2) is 5.60 Å². The molecule has 0 atom stereocenters. The van der Waals surface area contributed by atoms with Crippen LogP contribution in [-0.2, 0) is 4.79 Å². The Morgan fingerprint density at radius 2 is 2.11 bits per heavy atom. The fraction of sp³-hybridized carbons (Fsp3) is 0.400. The number of nitrogens with zero attached hydrogens (tertiary/aromatic N) is 1. The highest BCUT2D eigenvalue weighted by Crippen LogP contribution is 2.41. The van der Waals surface area contributed by atoms with Crippen molar-refractivity contribution in [2.75, 3.05) is 11.4 Å². The molecule has 2 rings (SSSR count). The minimum absolute atomic E-state index is 0.0812. The molecule has 19 heavy (non-hydrogen) atoms. The third-order valence-electron chi connectivity index (χ3n) is 3.57. The summed E-state index contributed by atoms with van der Waals surface area (Å²) in [7, 11) is 0. The summed E-state index contributed by atoms with van der Waals surface area (Å²) in [4.78, 5) is 14.1. The highest BCUT2D eigenvalue weighted by atomic mass is 16.5. The van der Waals surface area contributed by atoms with Crippen molar-refractivity contribution in [2.45, 2.75) is 32.3 Å². The van der Waals surface area contributed by atoms with E-state index in [2.05, 4.69) is 5.92 Å². The van der Waals surface area contributed by atoms with E-state index in [1.807, 2.05) is 13.8 Å². The second-order valence-corrected chi connectivity index (χ2v) is 4.55. The lowest BCUT2D eigenvalue weighted by molar-refractivity contribution is -0.136. The molecule has 0 spiro atoms. The Morgan fingerprint density at radius 3 is 2.68 bits per heavy atom.